The standard InChI is InChI=1S/C25H19Br3N2O5S/c1-3-34-22-13-16(12-21(28)24(22)35-36(32,33)18-7-5-4-6-8-18)11-17(14-29)25(31)30-23-19(26)9-15(2)10-20(23)27/h4-13H,3H2,1-2H3,(H,30,31)/b17-11+. The van der Waals surface area contributed by atoms with Crippen LogP contribution in [-0.2, 0) is 14.9 Å². The smallest absolute Gasteiger partial charge is 0.339 e. The molecule has 36 heavy (non-hydrogen) atoms. The number of hydrogen-bond acceptors (Lipinski definition) is 6. The van der Waals surface area contributed by atoms with Crippen LogP contribution < -0.4 is 14.2 Å². The summed E-state index contributed by atoms with van der Waals surface area (Å²) in [4.78, 5) is 12.8. The van der Waals surface area contributed by atoms with Crippen LogP contribution in [0.4, 0.5) is 5.69 Å². The second kappa shape index (κ2) is 12.1. The van der Waals surface area contributed by atoms with Gasteiger partial charge in [0, 0.05) is 8.95 Å². The van der Waals surface area contributed by atoms with Gasteiger partial charge in [-0.05, 0) is 115 Å². The van der Waals surface area contributed by atoms with Crippen molar-refractivity contribution in [3.05, 3.63) is 84.7 Å². The van der Waals surface area contributed by atoms with Crippen molar-refractivity contribution in [1.82, 2.24) is 0 Å². The number of anilines is 1. The summed E-state index contributed by atoms with van der Waals surface area (Å²) in [6, 6.07) is 16.3. The van der Waals surface area contributed by atoms with Gasteiger partial charge in [0.25, 0.3) is 5.91 Å². The molecule has 0 atom stereocenters. The molecule has 0 spiro atoms. The first-order valence-electron chi connectivity index (χ1n) is 10.4. The number of carbonyl (C=O) groups is 1. The minimum atomic E-state index is -4.13. The van der Waals surface area contributed by atoms with Crippen molar-refractivity contribution < 1.29 is 22.1 Å². The van der Waals surface area contributed by atoms with Crippen LogP contribution in [0.1, 0.15) is 18.1 Å². The van der Waals surface area contributed by atoms with E-state index in [9.17, 15) is 18.5 Å². The average Bonchev–Trinajstić information content (AvgIpc) is 2.82. The molecule has 0 unspecified atom stereocenters. The summed E-state index contributed by atoms with van der Waals surface area (Å²) in [5.41, 5.74) is 1.71. The lowest BCUT2D eigenvalue weighted by Gasteiger charge is -2.15. The maximum Gasteiger partial charge on any atom is 0.339 e. The van der Waals surface area contributed by atoms with Crippen molar-refractivity contribution in [2.75, 3.05) is 11.9 Å². The number of nitriles is 1. The Bertz CT molecular complexity index is 1460. The molecule has 0 saturated heterocycles. The average molecular weight is 699 g/mol. The van der Waals surface area contributed by atoms with Gasteiger partial charge >= 0.3 is 10.1 Å². The van der Waals surface area contributed by atoms with Crippen LogP contribution in [0, 0.1) is 18.3 Å². The molecule has 186 valence electrons. The van der Waals surface area contributed by atoms with Gasteiger partial charge in [-0.25, -0.2) is 0 Å². The quantitative estimate of drug-likeness (QED) is 0.154. The fourth-order valence-electron chi connectivity index (χ4n) is 3.08. The lowest BCUT2D eigenvalue weighted by Crippen LogP contribution is -2.14. The van der Waals surface area contributed by atoms with Gasteiger partial charge in [0.1, 0.15) is 16.5 Å². The van der Waals surface area contributed by atoms with E-state index in [1.54, 1.807) is 25.1 Å². The van der Waals surface area contributed by atoms with Gasteiger partial charge in [-0.3, -0.25) is 4.79 Å². The summed E-state index contributed by atoms with van der Waals surface area (Å²) in [5.74, 6) is -0.545. The van der Waals surface area contributed by atoms with Crippen LogP contribution in [-0.4, -0.2) is 20.9 Å². The van der Waals surface area contributed by atoms with Crippen LogP contribution in [0.5, 0.6) is 11.5 Å². The van der Waals surface area contributed by atoms with E-state index in [4.69, 9.17) is 8.92 Å². The molecule has 0 aromatic heterocycles. The number of carbonyl (C=O) groups excluding carboxylic acids is 1. The number of nitrogens with zero attached hydrogens (tertiary/aromatic N) is 1. The van der Waals surface area contributed by atoms with Gasteiger partial charge in [-0.1, -0.05) is 18.2 Å². The number of benzene rings is 3. The molecule has 7 nitrogen and oxygen atoms in total. The highest BCUT2D eigenvalue weighted by molar-refractivity contribution is 9.11. The van der Waals surface area contributed by atoms with Crippen molar-refractivity contribution in [2.24, 2.45) is 0 Å². The molecule has 0 bridgehead atoms. The molecule has 1 N–H and O–H groups in total. The topological polar surface area (TPSA) is 105 Å². The van der Waals surface area contributed by atoms with Crippen LogP contribution >= 0.6 is 47.8 Å². The van der Waals surface area contributed by atoms with Crippen LogP contribution in [0.3, 0.4) is 0 Å². The summed E-state index contributed by atoms with van der Waals surface area (Å²) in [6.07, 6.45) is 1.37. The predicted octanol–water partition coefficient (Wildman–Crippen LogP) is 6.99. The molecule has 0 aliphatic carbocycles. The largest absolute Gasteiger partial charge is 0.490 e. The third kappa shape index (κ3) is 6.76. The molecule has 0 saturated carbocycles. The van der Waals surface area contributed by atoms with Crippen LogP contribution in [0.25, 0.3) is 6.08 Å². The third-order valence-corrected chi connectivity index (χ3v) is 7.73. The molecule has 0 aliphatic rings. The summed E-state index contributed by atoms with van der Waals surface area (Å²) >= 11 is 10.2. The molecule has 0 heterocycles. The lowest BCUT2D eigenvalue weighted by atomic mass is 10.1. The summed E-state index contributed by atoms with van der Waals surface area (Å²) in [6.45, 7) is 3.87. The SMILES string of the molecule is CCOc1cc(/C=C(\C#N)C(=O)Nc2c(Br)cc(C)cc2Br)cc(Br)c1OS(=O)(=O)c1ccccc1. The number of ether oxygens (including phenoxy) is 1. The van der Waals surface area contributed by atoms with Gasteiger partial charge in [-0.15, -0.1) is 0 Å². The van der Waals surface area contributed by atoms with E-state index in [0.717, 1.165) is 5.56 Å². The van der Waals surface area contributed by atoms with Crippen molar-refractivity contribution >= 4 is 75.6 Å². The Kier molecular flexibility index (Phi) is 9.35. The first kappa shape index (κ1) is 27.9. The zero-order valence-electron chi connectivity index (χ0n) is 19.0. The molecule has 1 amide bonds. The normalized spacial score (nSPS) is 11.5. The highest BCUT2D eigenvalue weighted by atomic mass is 79.9. The van der Waals surface area contributed by atoms with E-state index in [0.29, 0.717) is 20.2 Å². The maximum absolute atomic E-state index is 12.9. The van der Waals surface area contributed by atoms with E-state index < -0.39 is 16.0 Å². The van der Waals surface area contributed by atoms with E-state index in [2.05, 4.69) is 53.1 Å². The first-order chi connectivity index (χ1) is 17.1. The maximum atomic E-state index is 12.9. The number of nitrogens with one attached hydrogen (secondary N) is 1. The zero-order valence-corrected chi connectivity index (χ0v) is 24.6. The third-order valence-electron chi connectivity index (χ3n) is 4.66. The van der Waals surface area contributed by atoms with Gasteiger partial charge in [0.2, 0.25) is 0 Å². The summed E-state index contributed by atoms with van der Waals surface area (Å²) < 4.78 is 38.0. The number of hydrogen-bond donors (Lipinski definition) is 1. The fraction of sp³-hybridized carbons (Fsp3) is 0.120. The Balaban J connectivity index is 1.96. The molecule has 0 aliphatic heterocycles. The highest BCUT2D eigenvalue weighted by Gasteiger charge is 2.22. The van der Waals surface area contributed by atoms with Crippen molar-refractivity contribution in [2.45, 2.75) is 18.7 Å². The van der Waals surface area contributed by atoms with Gasteiger partial charge < -0.3 is 14.2 Å². The monoisotopic (exact) mass is 696 g/mol. The van der Waals surface area contributed by atoms with E-state index in [-0.39, 0.29) is 33.0 Å². The minimum absolute atomic E-state index is 0.0137. The highest BCUT2D eigenvalue weighted by Crippen LogP contribution is 2.39. The first-order valence-corrected chi connectivity index (χ1v) is 14.2. The lowest BCUT2D eigenvalue weighted by molar-refractivity contribution is -0.112. The second-order valence-corrected chi connectivity index (χ2v) is 11.5. The van der Waals surface area contributed by atoms with Crippen molar-refractivity contribution in [3.8, 4) is 17.6 Å². The molecule has 11 heteroatoms. The molecule has 3 aromatic rings. The van der Waals surface area contributed by atoms with Crippen molar-refractivity contribution in [3.63, 3.8) is 0 Å². The number of amides is 1. The van der Waals surface area contributed by atoms with Crippen molar-refractivity contribution in [1.29, 1.82) is 5.26 Å². The summed E-state index contributed by atoms with van der Waals surface area (Å²) in [5, 5.41) is 12.4. The molecular weight excluding hydrogens is 680 g/mol. The predicted molar refractivity (Wildman–Crippen MR) is 148 cm³/mol. The molecule has 0 fully saturated rings. The fourth-order valence-corrected chi connectivity index (χ4v) is 6.31. The number of aryl methyl sites for hydroxylation is 1. The molecule has 0 radical (unpaired) electrons. The Morgan fingerprint density at radius 1 is 1.06 bits per heavy atom. The zero-order chi connectivity index (χ0) is 26.5. The van der Waals surface area contributed by atoms with Crippen LogP contribution in [0.15, 0.2) is 78.5 Å². The van der Waals surface area contributed by atoms with Crippen LogP contribution in [0.2, 0.25) is 0 Å². The Morgan fingerprint density at radius 2 is 1.69 bits per heavy atom. The van der Waals surface area contributed by atoms with E-state index >= 15 is 0 Å². The minimum Gasteiger partial charge on any atom is -0.490 e. The second-order valence-electron chi connectivity index (χ2n) is 7.34. The molecule has 3 aromatic carbocycles. The van der Waals surface area contributed by atoms with Gasteiger partial charge in [0.15, 0.2) is 11.5 Å². The van der Waals surface area contributed by atoms with Gasteiger partial charge in [0.05, 0.1) is 16.8 Å². The molecular formula is C25H19Br3N2O5S. The Morgan fingerprint density at radius 3 is 2.28 bits per heavy atom. The van der Waals surface area contributed by atoms with Gasteiger partial charge in [-0.2, -0.15) is 13.7 Å². The Hall–Kier alpha value is -2.65. The Labute approximate surface area is 234 Å². The molecule has 3 rings (SSSR count). The summed E-state index contributed by atoms with van der Waals surface area (Å²) in [7, 11) is -4.13. The van der Waals surface area contributed by atoms with E-state index in [1.165, 1.54) is 30.3 Å². The number of rotatable bonds is 8. The number of halogens is 3. The van der Waals surface area contributed by atoms with E-state index in [1.807, 2.05) is 25.1 Å².